The minimum Gasteiger partial charge on any atom is -0.383 e. The lowest BCUT2D eigenvalue weighted by Gasteiger charge is -2.32. The Hall–Kier alpha value is -0.650. The van der Waals surface area contributed by atoms with E-state index in [9.17, 15) is 4.79 Å². The van der Waals surface area contributed by atoms with Crippen LogP contribution in [0.1, 0.15) is 20.3 Å². The summed E-state index contributed by atoms with van der Waals surface area (Å²) in [5.41, 5.74) is 0. The summed E-state index contributed by atoms with van der Waals surface area (Å²) in [5, 5.41) is 3.03. The van der Waals surface area contributed by atoms with Gasteiger partial charge in [0.25, 0.3) is 0 Å². The summed E-state index contributed by atoms with van der Waals surface area (Å²) in [7, 11) is 1.72. The molecule has 2 aliphatic rings. The molecule has 0 spiro atoms. The van der Waals surface area contributed by atoms with E-state index in [4.69, 9.17) is 9.47 Å². The highest BCUT2D eigenvalue weighted by Crippen LogP contribution is 2.31. The van der Waals surface area contributed by atoms with E-state index in [1.807, 2.05) is 0 Å². The van der Waals surface area contributed by atoms with Gasteiger partial charge in [-0.05, 0) is 12.3 Å². The molecule has 5 heteroatoms. The smallest absolute Gasteiger partial charge is 0.225 e. The predicted molar refractivity (Wildman–Crippen MR) is 72.9 cm³/mol. The SMILES string of the molecule is COCCN1C[C@H]2C[C@@H](C(=O)NCC(C)C)[C@@H](C1)O2. The number of carbonyl (C=O) groups excluding carboxylic acids is 1. The molecule has 3 atom stereocenters. The Kier molecular flexibility index (Phi) is 5.19. The van der Waals surface area contributed by atoms with Crippen LogP contribution in [0.2, 0.25) is 0 Å². The van der Waals surface area contributed by atoms with E-state index >= 15 is 0 Å². The third kappa shape index (κ3) is 3.91. The Bertz CT molecular complexity index is 309. The van der Waals surface area contributed by atoms with Gasteiger partial charge in [-0.3, -0.25) is 9.69 Å². The van der Waals surface area contributed by atoms with Crippen molar-refractivity contribution in [3.8, 4) is 0 Å². The Balaban J connectivity index is 1.83. The van der Waals surface area contributed by atoms with Crippen LogP contribution in [-0.4, -0.2) is 62.9 Å². The second-order valence-corrected chi connectivity index (χ2v) is 6.03. The van der Waals surface area contributed by atoms with Crippen molar-refractivity contribution in [2.45, 2.75) is 32.5 Å². The summed E-state index contributed by atoms with van der Waals surface area (Å²) >= 11 is 0. The second kappa shape index (κ2) is 6.68. The van der Waals surface area contributed by atoms with Crippen molar-refractivity contribution in [2.75, 3.05) is 39.9 Å². The van der Waals surface area contributed by atoms with Crippen molar-refractivity contribution in [3.63, 3.8) is 0 Å². The number of methoxy groups -OCH3 is 1. The van der Waals surface area contributed by atoms with Crippen LogP contribution in [0.15, 0.2) is 0 Å². The summed E-state index contributed by atoms with van der Waals surface area (Å²) in [6, 6.07) is 0. The molecule has 1 N–H and O–H groups in total. The van der Waals surface area contributed by atoms with Crippen LogP contribution in [-0.2, 0) is 14.3 Å². The molecule has 2 fully saturated rings. The average Bonchev–Trinajstić information content (AvgIpc) is 2.68. The highest BCUT2D eigenvalue weighted by atomic mass is 16.5. The van der Waals surface area contributed by atoms with Crippen LogP contribution in [0.5, 0.6) is 0 Å². The van der Waals surface area contributed by atoms with Crippen LogP contribution >= 0.6 is 0 Å². The normalized spacial score (nSPS) is 30.8. The summed E-state index contributed by atoms with van der Waals surface area (Å²) in [6.07, 6.45) is 1.13. The monoisotopic (exact) mass is 270 g/mol. The minimum absolute atomic E-state index is 0.0243. The number of hydrogen-bond donors (Lipinski definition) is 1. The quantitative estimate of drug-likeness (QED) is 0.763. The zero-order chi connectivity index (χ0) is 13.8. The van der Waals surface area contributed by atoms with Gasteiger partial charge in [0.1, 0.15) is 0 Å². The maximum absolute atomic E-state index is 12.2. The largest absolute Gasteiger partial charge is 0.383 e. The number of hydrogen-bond acceptors (Lipinski definition) is 4. The minimum atomic E-state index is 0.0243. The van der Waals surface area contributed by atoms with Gasteiger partial charge in [-0.2, -0.15) is 0 Å². The Morgan fingerprint density at radius 2 is 2.26 bits per heavy atom. The van der Waals surface area contributed by atoms with Gasteiger partial charge in [-0.1, -0.05) is 13.8 Å². The Morgan fingerprint density at radius 3 is 2.95 bits per heavy atom. The third-order valence-corrected chi connectivity index (χ3v) is 3.87. The van der Waals surface area contributed by atoms with Crippen LogP contribution in [0, 0.1) is 11.8 Å². The number of nitrogens with zero attached hydrogens (tertiary/aromatic N) is 1. The number of fused-ring (bicyclic) bond motifs is 2. The number of nitrogens with one attached hydrogen (secondary N) is 1. The maximum Gasteiger partial charge on any atom is 0.225 e. The fourth-order valence-electron chi connectivity index (χ4n) is 2.85. The highest BCUT2D eigenvalue weighted by molar-refractivity contribution is 5.79. The summed E-state index contributed by atoms with van der Waals surface area (Å²) in [6.45, 7) is 8.40. The first-order valence-electron chi connectivity index (χ1n) is 7.24. The van der Waals surface area contributed by atoms with Gasteiger partial charge >= 0.3 is 0 Å². The van der Waals surface area contributed by atoms with Crippen LogP contribution in [0.3, 0.4) is 0 Å². The predicted octanol–water partition coefficient (Wildman–Crippen LogP) is 0.494. The summed E-state index contributed by atoms with van der Waals surface area (Å²) in [4.78, 5) is 14.5. The number of rotatable bonds is 6. The molecule has 0 aliphatic carbocycles. The van der Waals surface area contributed by atoms with Crippen LogP contribution < -0.4 is 5.32 Å². The zero-order valence-corrected chi connectivity index (χ0v) is 12.2. The van der Waals surface area contributed by atoms with E-state index in [-0.39, 0.29) is 24.0 Å². The molecular formula is C14H26N2O3. The Labute approximate surface area is 115 Å². The maximum atomic E-state index is 12.2. The molecule has 0 aromatic rings. The Morgan fingerprint density at radius 1 is 1.47 bits per heavy atom. The third-order valence-electron chi connectivity index (χ3n) is 3.87. The average molecular weight is 270 g/mol. The van der Waals surface area contributed by atoms with Crippen molar-refractivity contribution in [1.82, 2.24) is 10.2 Å². The molecule has 5 nitrogen and oxygen atoms in total. The van der Waals surface area contributed by atoms with Gasteiger partial charge in [-0.15, -0.1) is 0 Å². The fourth-order valence-corrected chi connectivity index (χ4v) is 2.85. The standard InChI is InChI=1S/C14H26N2O3/c1-10(2)7-15-14(17)12-6-11-8-16(4-5-18-3)9-13(12)19-11/h10-13H,4-9H2,1-3H3,(H,15,17)/t11-,12-,13-/m1/s1. The summed E-state index contributed by atoms with van der Waals surface area (Å²) < 4.78 is 11.0. The van der Waals surface area contributed by atoms with Gasteiger partial charge in [0, 0.05) is 33.3 Å². The van der Waals surface area contributed by atoms with E-state index in [1.165, 1.54) is 0 Å². The van der Waals surface area contributed by atoms with Gasteiger partial charge in [0.15, 0.2) is 0 Å². The van der Waals surface area contributed by atoms with Crippen LogP contribution in [0.4, 0.5) is 0 Å². The molecule has 19 heavy (non-hydrogen) atoms. The van der Waals surface area contributed by atoms with Crippen molar-refractivity contribution in [1.29, 1.82) is 0 Å². The van der Waals surface area contributed by atoms with Gasteiger partial charge < -0.3 is 14.8 Å². The molecule has 2 aliphatic heterocycles. The van der Waals surface area contributed by atoms with E-state index in [1.54, 1.807) is 7.11 Å². The van der Waals surface area contributed by atoms with E-state index in [0.717, 1.165) is 39.2 Å². The second-order valence-electron chi connectivity index (χ2n) is 6.03. The molecule has 0 saturated carbocycles. The van der Waals surface area contributed by atoms with Gasteiger partial charge in [0.05, 0.1) is 24.7 Å². The van der Waals surface area contributed by atoms with E-state index in [0.29, 0.717) is 5.92 Å². The molecule has 2 rings (SSSR count). The number of carbonyl (C=O) groups is 1. The molecule has 0 aromatic carbocycles. The fraction of sp³-hybridized carbons (Fsp3) is 0.929. The molecule has 2 bridgehead atoms. The number of amides is 1. The molecule has 2 heterocycles. The number of ether oxygens (including phenoxy) is 2. The van der Waals surface area contributed by atoms with Crippen molar-refractivity contribution >= 4 is 5.91 Å². The molecule has 2 saturated heterocycles. The van der Waals surface area contributed by atoms with E-state index < -0.39 is 0 Å². The molecule has 0 radical (unpaired) electrons. The first kappa shape index (κ1) is 14.8. The topological polar surface area (TPSA) is 50.8 Å². The number of morpholine rings is 1. The molecule has 1 amide bonds. The first-order chi connectivity index (χ1) is 9.10. The van der Waals surface area contributed by atoms with Crippen molar-refractivity contribution in [2.24, 2.45) is 11.8 Å². The van der Waals surface area contributed by atoms with Gasteiger partial charge in [0.2, 0.25) is 5.91 Å². The van der Waals surface area contributed by atoms with E-state index in [2.05, 4.69) is 24.1 Å². The molecular weight excluding hydrogens is 244 g/mol. The first-order valence-corrected chi connectivity index (χ1v) is 7.24. The lowest BCUT2D eigenvalue weighted by molar-refractivity contribution is -0.128. The highest BCUT2D eigenvalue weighted by Gasteiger charge is 2.44. The summed E-state index contributed by atoms with van der Waals surface area (Å²) in [5.74, 6) is 0.676. The zero-order valence-electron chi connectivity index (χ0n) is 12.2. The lowest BCUT2D eigenvalue weighted by Crippen LogP contribution is -2.46. The van der Waals surface area contributed by atoms with Crippen molar-refractivity contribution in [3.05, 3.63) is 0 Å². The molecule has 0 aromatic heterocycles. The lowest BCUT2D eigenvalue weighted by atomic mass is 9.99. The molecule has 110 valence electrons. The van der Waals surface area contributed by atoms with Gasteiger partial charge in [-0.25, -0.2) is 0 Å². The molecule has 0 unspecified atom stereocenters. The number of likely N-dealkylation sites (tertiary alicyclic amines) is 1. The van der Waals surface area contributed by atoms with Crippen molar-refractivity contribution < 1.29 is 14.3 Å². The van der Waals surface area contributed by atoms with Crippen LogP contribution in [0.25, 0.3) is 0 Å².